The number of nitrogens with one attached hydrogen (secondary N) is 2. The second-order valence-electron chi connectivity index (χ2n) is 4.83. The van der Waals surface area contributed by atoms with Gasteiger partial charge in [0.1, 0.15) is 11.6 Å². The molecule has 1 fully saturated rings. The van der Waals surface area contributed by atoms with Crippen LogP contribution in [0.4, 0.5) is 10.1 Å². The van der Waals surface area contributed by atoms with Gasteiger partial charge < -0.3 is 11.1 Å². The molecular weight excluding hydrogens is 277 g/mol. The molecule has 2 amide bonds. The van der Waals surface area contributed by atoms with Crippen molar-refractivity contribution >= 4 is 17.5 Å². The molecule has 0 radical (unpaired) electrons. The van der Waals surface area contributed by atoms with Gasteiger partial charge in [-0.15, -0.1) is 5.10 Å². The summed E-state index contributed by atoms with van der Waals surface area (Å²) in [6.45, 7) is 0. The van der Waals surface area contributed by atoms with Gasteiger partial charge in [0, 0.05) is 11.6 Å². The molecule has 0 bridgehead atoms. The number of carbonyl (C=O) groups excluding carboxylic acids is 2. The number of hydrogen-bond acceptors (Lipinski definition) is 4. The maximum Gasteiger partial charge on any atom is 0.295 e. The first-order valence-electron chi connectivity index (χ1n) is 6.37. The number of primary amides is 1. The van der Waals surface area contributed by atoms with Crippen molar-refractivity contribution in [3.8, 4) is 0 Å². The van der Waals surface area contributed by atoms with Crippen LogP contribution in [0.3, 0.4) is 0 Å². The zero-order valence-electron chi connectivity index (χ0n) is 10.9. The molecule has 0 unspecified atom stereocenters. The van der Waals surface area contributed by atoms with Crippen LogP contribution in [0.2, 0.25) is 0 Å². The Kier molecular flexibility index (Phi) is 3.13. The van der Waals surface area contributed by atoms with Crippen LogP contribution in [-0.4, -0.2) is 27.0 Å². The summed E-state index contributed by atoms with van der Waals surface area (Å²) in [6, 6.07) is 3.56. The number of carbonyl (C=O) groups is 2. The van der Waals surface area contributed by atoms with Crippen LogP contribution >= 0.6 is 0 Å². The smallest absolute Gasteiger partial charge is 0.295 e. The van der Waals surface area contributed by atoms with Crippen LogP contribution < -0.4 is 11.1 Å². The molecule has 108 valence electrons. The Balaban J connectivity index is 1.77. The molecule has 1 aliphatic rings. The second kappa shape index (κ2) is 4.97. The summed E-state index contributed by atoms with van der Waals surface area (Å²) >= 11 is 0. The summed E-state index contributed by atoms with van der Waals surface area (Å²) in [5.41, 5.74) is 5.00. The highest BCUT2D eigenvalue weighted by Crippen LogP contribution is 2.37. The van der Waals surface area contributed by atoms with Gasteiger partial charge in [0.15, 0.2) is 0 Å². The average molecular weight is 289 g/mol. The van der Waals surface area contributed by atoms with Gasteiger partial charge in [0.2, 0.25) is 5.82 Å². The number of hydrogen-bond donors (Lipinski definition) is 3. The summed E-state index contributed by atoms with van der Waals surface area (Å²) in [5.74, 6) is -1.14. The Hall–Kier alpha value is -2.77. The van der Waals surface area contributed by atoms with Gasteiger partial charge in [-0.3, -0.25) is 14.7 Å². The van der Waals surface area contributed by atoms with E-state index in [-0.39, 0.29) is 17.1 Å². The summed E-state index contributed by atoms with van der Waals surface area (Å²) in [6.07, 6.45) is 2.08. The van der Waals surface area contributed by atoms with Crippen LogP contribution in [0.1, 0.15) is 45.6 Å². The Morgan fingerprint density at radius 3 is 2.81 bits per heavy atom. The van der Waals surface area contributed by atoms with Gasteiger partial charge in [-0.2, -0.15) is 0 Å². The Morgan fingerprint density at radius 1 is 1.38 bits per heavy atom. The summed E-state index contributed by atoms with van der Waals surface area (Å²) in [7, 11) is 0. The number of H-pyrrole nitrogens is 1. The van der Waals surface area contributed by atoms with Crippen molar-refractivity contribution in [1.82, 2.24) is 15.2 Å². The van der Waals surface area contributed by atoms with E-state index in [2.05, 4.69) is 20.5 Å². The van der Waals surface area contributed by atoms with Crippen LogP contribution in [0.5, 0.6) is 0 Å². The minimum atomic E-state index is -0.905. The van der Waals surface area contributed by atoms with Gasteiger partial charge in [-0.1, -0.05) is 0 Å². The van der Waals surface area contributed by atoms with E-state index in [1.165, 1.54) is 12.1 Å². The number of aromatic nitrogens is 3. The first-order valence-corrected chi connectivity index (χ1v) is 6.37. The molecule has 0 atom stereocenters. The van der Waals surface area contributed by atoms with Gasteiger partial charge in [0.05, 0.1) is 5.56 Å². The third kappa shape index (κ3) is 2.73. The van der Waals surface area contributed by atoms with E-state index in [1.54, 1.807) is 0 Å². The van der Waals surface area contributed by atoms with Crippen LogP contribution in [-0.2, 0) is 0 Å². The van der Waals surface area contributed by atoms with Gasteiger partial charge in [-0.05, 0) is 31.0 Å². The maximum atomic E-state index is 13.3. The average Bonchev–Trinajstić information content (AvgIpc) is 3.18. The van der Waals surface area contributed by atoms with Crippen molar-refractivity contribution in [2.75, 3.05) is 5.32 Å². The number of amides is 2. The standard InChI is InChI=1S/C13H12FN5O2/c14-9-4-3-7(5-8(9)10(15)20)16-13(21)12-17-11(18-19-12)6-1-2-6/h3-6H,1-2H2,(H2,15,20)(H,16,21)(H,17,18,19). The quantitative estimate of drug-likeness (QED) is 0.783. The van der Waals surface area contributed by atoms with Crippen molar-refractivity contribution in [1.29, 1.82) is 0 Å². The number of benzene rings is 1. The highest BCUT2D eigenvalue weighted by atomic mass is 19.1. The zero-order valence-corrected chi connectivity index (χ0v) is 10.9. The summed E-state index contributed by atoms with van der Waals surface area (Å²) in [4.78, 5) is 27.1. The first-order chi connectivity index (χ1) is 10.0. The Bertz CT molecular complexity index is 723. The van der Waals surface area contributed by atoms with Crippen molar-refractivity contribution in [3.05, 3.63) is 41.2 Å². The topological polar surface area (TPSA) is 114 Å². The molecule has 2 aromatic rings. The molecule has 0 saturated heterocycles. The number of nitrogens with zero attached hydrogens (tertiary/aromatic N) is 2. The van der Waals surface area contributed by atoms with Gasteiger partial charge in [0.25, 0.3) is 11.8 Å². The molecule has 1 aliphatic carbocycles. The van der Waals surface area contributed by atoms with Gasteiger partial charge in [-0.25, -0.2) is 9.37 Å². The molecule has 1 aromatic carbocycles. The first kappa shape index (κ1) is 13.2. The molecule has 1 aromatic heterocycles. The number of anilines is 1. The van der Waals surface area contributed by atoms with Crippen LogP contribution in [0, 0.1) is 5.82 Å². The molecule has 7 nitrogen and oxygen atoms in total. The van der Waals surface area contributed by atoms with E-state index in [9.17, 15) is 14.0 Å². The van der Waals surface area contributed by atoms with Crippen molar-refractivity contribution in [3.63, 3.8) is 0 Å². The lowest BCUT2D eigenvalue weighted by Gasteiger charge is -2.05. The lowest BCUT2D eigenvalue weighted by molar-refractivity contribution is 0.0991. The Morgan fingerprint density at radius 2 is 2.14 bits per heavy atom. The van der Waals surface area contributed by atoms with E-state index >= 15 is 0 Å². The van der Waals surface area contributed by atoms with E-state index in [4.69, 9.17) is 5.73 Å². The van der Waals surface area contributed by atoms with Gasteiger partial charge >= 0.3 is 0 Å². The molecule has 3 rings (SSSR count). The molecule has 4 N–H and O–H groups in total. The third-order valence-electron chi connectivity index (χ3n) is 3.16. The van der Waals surface area contributed by atoms with E-state index in [0.29, 0.717) is 11.7 Å². The molecule has 1 saturated carbocycles. The highest BCUT2D eigenvalue weighted by Gasteiger charge is 2.28. The molecule has 0 spiro atoms. The predicted octanol–water partition coefficient (Wildman–Crippen LogP) is 1.17. The fraction of sp³-hybridized carbons (Fsp3) is 0.231. The van der Waals surface area contributed by atoms with Crippen molar-refractivity contribution in [2.24, 2.45) is 5.73 Å². The summed E-state index contributed by atoms with van der Waals surface area (Å²) < 4.78 is 13.3. The SMILES string of the molecule is NC(=O)c1cc(NC(=O)c2n[nH]c(C3CC3)n2)ccc1F. The predicted molar refractivity (Wildman–Crippen MR) is 71.2 cm³/mol. The van der Waals surface area contributed by atoms with Crippen LogP contribution in [0.25, 0.3) is 0 Å². The number of aromatic amines is 1. The summed E-state index contributed by atoms with van der Waals surface area (Å²) in [5, 5.41) is 9.05. The lowest BCUT2D eigenvalue weighted by Crippen LogP contribution is -2.16. The molecule has 0 aliphatic heterocycles. The number of rotatable bonds is 4. The second-order valence-corrected chi connectivity index (χ2v) is 4.83. The zero-order chi connectivity index (χ0) is 15.0. The molecule has 21 heavy (non-hydrogen) atoms. The van der Waals surface area contributed by atoms with Crippen molar-refractivity contribution < 1.29 is 14.0 Å². The van der Waals surface area contributed by atoms with Crippen LogP contribution in [0.15, 0.2) is 18.2 Å². The highest BCUT2D eigenvalue weighted by molar-refractivity contribution is 6.02. The minimum absolute atomic E-state index is 0.00171. The number of halogens is 1. The number of nitrogens with two attached hydrogens (primary N) is 1. The fourth-order valence-electron chi connectivity index (χ4n) is 1.89. The largest absolute Gasteiger partial charge is 0.366 e. The maximum absolute atomic E-state index is 13.3. The lowest BCUT2D eigenvalue weighted by atomic mass is 10.2. The molecular formula is C13H12FN5O2. The Labute approximate surface area is 118 Å². The van der Waals surface area contributed by atoms with E-state index in [0.717, 1.165) is 18.9 Å². The normalized spacial score (nSPS) is 14.0. The van der Waals surface area contributed by atoms with E-state index < -0.39 is 17.6 Å². The molecule has 1 heterocycles. The fourth-order valence-corrected chi connectivity index (χ4v) is 1.89. The van der Waals surface area contributed by atoms with E-state index in [1.807, 2.05) is 0 Å². The third-order valence-corrected chi connectivity index (χ3v) is 3.16. The molecule has 8 heteroatoms. The minimum Gasteiger partial charge on any atom is -0.366 e. The van der Waals surface area contributed by atoms with Crippen molar-refractivity contribution in [2.45, 2.75) is 18.8 Å². The monoisotopic (exact) mass is 289 g/mol.